The van der Waals surface area contributed by atoms with Crippen LogP contribution >= 0.6 is 0 Å². The quantitative estimate of drug-likeness (QED) is 0.639. The Hall–Kier alpha value is -0.120. The SMILES string of the molecule is COCC1(O)CCN2CCC1C2. The normalized spacial score (nSPS) is 46.5. The molecule has 0 aromatic heterocycles. The predicted octanol–water partition coefficient (Wildman–Crippen LogP) is 0.0895. The van der Waals surface area contributed by atoms with E-state index in [9.17, 15) is 5.11 Å². The standard InChI is InChI=1S/C9H17NO2/c1-12-7-9(11)3-5-10-4-2-8(9)6-10/h8,11H,2-7H2,1H3. The maximum absolute atomic E-state index is 10.2. The Morgan fingerprint density at radius 1 is 1.58 bits per heavy atom. The van der Waals surface area contributed by atoms with E-state index in [1.54, 1.807) is 7.11 Å². The summed E-state index contributed by atoms with van der Waals surface area (Å²) < 4.78 is 5.07. The molecule has 12 heavy (non-hydrogen) atoms. The second-order valence-electron chi connectivity index (χ2n) is 4.07. The smallest absolute Gasteiger partial charge is 0.0932 e. The van der Waals surface area contributed by atoms with E-state index in [0.717, 1.165) is 32.5 Å². The summed E-state index contributed by atoms with van der Waals surface area (Å²) in [4.78, 5) is 2.43. The minimum absolute atomic E-state index is 0.450. The van der Waals surface area contributed by atoms with Crippen LogP contribution in [0.15, 0.2) is 0 Å². The molecule has 3 heteroatoms. The number of aliphatic hydroxyl groups is 1. The first-order valence-electron chi connectivity index (χ1n) is 4.68. The van der Waals surface area contributed by atoms with Gasteiger partial charge in [0.15, 0.2) is 0 Å². The number of fused-ring (bicyclic) bond motifs is 2. The second-order valence-corrected chi connectivity index (χ2v) is 4.07. The van der Waals surface area contributed by atoms with E-state index in [4.69, 9.17) is 4.74 Å². The Balaban J connectivity index is 2.05. The van der Waals surface area contributed by atoms with Crippen LogP contribution in [0.25, 0.3) is 0 Å². The fourth-order valence-electron chi connectivity index (χ4n) is 2.47. The summed E-state index contributed by atoms with van der Waals surface area (Å²) in [7, 11) is 1.67. The van der Waals surface area contributed by atoms with E-state index in [2.05, 4.69) is 4.90 Å². The molecule has 2 saturated heterocycles. The molecule has 2 aliphatic heterocycles. The van der Waals surface area contributed by atoms with Crippen LogP contribution < -0.4 is 0 Å². The van der Waals surface area contributed by atoms with Crippen LogP contribution in [0.3, 0.4) is 0 Å². The van der Waals surface area contributed by atoms with Gasteiger partial charge in [0, 0.05) is 26.1 Å². The molecule has 2 rings (SSSR count). The van der Waals surface area contributed by atoms with E-state index in [-0.39, 0.29) is 0 Å². The Labute approximate surface area is 73.3 Å². The fourth-order valence-corrected chi connectivity index (χ4v) is 2.47. The summed E-state index contributed by atoms with van der Waals surface area (Å²) >= 11 is 0. The third-order valence-corrected chi connectivity index (χ3v) is 3.29. The van der Waals surface area contributed by atoms with E-state index in [0.29, 0.717) is 12.5 Å². The zero-order valence-corrected chi connectivity index (χ0v) is 7.62. The summed E-state index contributed by atoms with van der Waals surface area (Å²) in [6.45, 7) is 3.78. The van der Waals surface area contributed by atoms with Crippen molar-refractivity contribution in [2.75, 3.05) is 33.4 Å². The molecule has 2 aliphatic rings. The number of ether oxygens (including phenoxy) is 1. The highest BCUT2D eigenvalue weighted by Crippen LogP contribution is 2.35. The molecule has 1 N–H and O–H groups in total. The molecule has 0 spiro atoms. The zero-order chi connectivity index (χ0) is 8.60. The molecular weight excluding hydrogens is 154 g/mol. The Kier molecular flexibility index (Phi) is 2.10. The molecule has 0 aliphatic carbocycles. The first-order valence-corrected chi connectivity index (χ1v) is 4.68. The van der Waals surface area contributed by atoms with Crippen molar-refractivity contribution in [1.29, 1.82) is 0 Å². The van der Waals surface area contributed by atoms with Crippen LogP contribution in [-0.4, -0.2) is 49.0 Å². The van der Waals surface area contributed by atoms with Gasteiger partial charge >= 0.3 is 0 Å². The number of piperidine rings is 1. The van der Waals surface area contributed by atoms with Gasteiger partial charge in [-0.05, 0) is 19.4 Å². The number of methoxy groups -OCH3 is 1. The molecule has 0 saturated carbocycles. The number of hydrogen-bond acceptors (Lipinski definition) is 3. The Bertz CT molecular complexity index is 174. The topological polar surface area (TPSA) is 32.7 Å². The predicted molar refractivity (Wildman–Crippen MR) is 46.0 cm³/mol. The lowest BCUT2D eigenvalue weighted by atomic mass is 9.83. The van der Waals surface area contributed by atoms with Gasteiger partial charge in [0.1, 0.15) is 0 Å². The maximum atomic E-state index is 10.2. The minimum Gasteiger partial charge on any atom is -0.387 e. The molecule has 0 amide bonds. The average molecular weight is 171 g/mol. The number of nitrogens with zero attached hydrogens (tertiary/aromatic N) is 1. The monoisotopic (exact) mass is 171 g/mol. The minimum atomic E-state index is -0.526. The first-order chi connectivity index (χ1) is 5.74. The van der Waals surface area contributed by atoms with Gasteiger partial charge in [0.05, 0.1) is 12.2 Å². The Morgan fingerprint density at radius 2 is 2.42 bits per heavy atom. The molecule has 2 bridgehead atoms. The highest BCUT2D eigenvalue weighted by Gasteiger charge is 2.44. The van der Waals surface area contributed by atoms with Gasteiger partial charge in [-0.25, -0.2) is 0 Å². The first kappa shape index (κ1) is 8.48. The lowest BCUT2D eigenvalue weighted by Gasteiger charge is -2.38. The third-order valence-electron chi connectivity index (χ3n) is 3.29. The van der Waals surface area contributed by atoms with Crippen molar-refractivity contribution in [3.63, 3.8) is 0 Å². The highest BCUT2D eigenvalue weighted by atomic mass is 16.5. The van der Waals surface area contributed by atoms with Gasteiger partial charge in [-0.3, -0.25) is 0 Å². The van der Waals surface area contributed by atoms with Crippen LogP contribution in [0.2, 0.25) is 0 Å². The molecule has 2 heterocycles. The van der Waals surface area contributed by atoms with Gasteiger partial charge < -0.3 is 14.7 Å². The summed E-state index contributed by atoms with van der Waals surface area (Å²) in [5.74, 6) is 0.450. The van der Waals surface area contributed by atoms with Crippen molar-refractivity contribution in [3.05, 3.63) is 0 Å². The number of rotatable bonds is 2. The van der Waals surface area contributed by atoms with Crippen molar-refractivity contribution in [3.8, 4) is 0 Å². The van der Waals surface area contributed by atoms with Crippen LogP contribution in [0.5, 0.6) is 0 Å². The molecule has 3 atom stereocenters. The van der Waals surface area contributed by atoms with Gasteiger partial charge in [0.2, 0.25) is 0 Å². The van der Waals surface area contributed by atoms with Crippen molar-refractivity contribution in [2.45, 2.75) is 18.4 Å². The van der Waals surface area contributed by atoms with E-state index in [1.165, 1.54) is 0 Å². The summed E-state index contributed by atoms with van der Waals surface area (Å²) in [6.07, 6.45) is 2.02. The van der Waals surface area contributed by atoms with Gasteiger partial charge in [-0.2, -0.15) is 0 Å². The lowest BCUT2D eigenvalue weighted by Crippen LogP contribution is -2.49. The fraction of sp³-hybridized carbons (Fsp3) is 1.00. The largest absolute Gasteiger partial charge is 0.387 e. The Morgan fingerprint density at radius 3 is 3.17 bits per heavy atom. The molecule has 0 aromatic rings. The highest BCUT2D eigenvalue weighted by molar-refractivity contribution is 4.97. The molecular formula is C9H17NO2. The van der Waals surface area contributed by atoms with Crippen LogP contribution in [0.4, 0.5) is 0 Å². The van der Waals surface area contributed by atoms with E-state index >= 15 is 0 Å². The average Bonchev–Trinajstić information content (AvgIpc) is 2.45. The van der Waals surface area contributed by atoms with Crippen molar-refractivity contribution >= 4 is 0 Å². The van der Waals surface area contributed by atoms with Crippen molar-refractivity contribution in [2.24, 2.45) is 5.92 Å². The van der Waals surface area contributed by atoms with Crippen molar-refractivity contribution < 1.29 is 9.84 Å². The second kappa shape index (κ2) is 2.98. The summed E-state index contributed by atoms with van der Waals surface area (Å²) in [6, 6.07) is 0. The van der Waals surface area contributed by atoms with Crippen molar-refractivity contribution in [1.82, 2.24) is 4.90 Å². The van der Waals surface area contributed by atoms with Crippen LogP contribution in [0.1, 0.15) is 12.8 Å². The molecule has 2 fully saturated rings. The van der Waals surface area contributed by atoms with Crippen LogP contribution in [0, 0.1) is 5.92 Å². The lowest BCUT2D eigenvalue weighted by molar-refractivity contribution is -0.0916. The molecule has 0 radical (unpaired) electrons. The third kappa shape index (κ3) is 1.26. The van der Waals surface area contributed by atoms with E-state index in [1.807, 2.05) is 0 Å². The van der Waals surface area contributed by atoms with Gasteiger partial charge in [-0.15, -0.1) is 0 Å². The molecule has 3 nitrogen and oxygen atoms in total. The molecule has 0 aromatic carbocycles. The zero-order valence-electron chi connectivity index (χ0n) is 7.62. The van der Waals surface area contributed by atoms with Crippen LogP contribution in [-0.2, 0) is 4.74 Å². The molecule has 70 valence electrons. The molecule has 3 unspecified atom stereocenters. The van der Waals surface area contributed by atoms with Gasteiger partial charge in [-0.1, -0.05) is 0 Å². The summed E-state index contributed by atoms with van der Waals surface area (Å²) in [5.41, 5.74) is -0.526. The summed E-state index contributed by atoms with van der Waals surface area (Å²) in [5, 5.41) is 10.2. The van der Waals surface area contributed by atoms with E-state index < -0.39 is 5.60 Å². The van der Waals surface area contributed by atoms with Gasteiger partial charge in [0.25, 0.3) is 0 Å². The maximum Gasteiger partial charge on any atom is 0.0932 e. The number of hydrogen-bond donors (Lipinski definition) is 1.